The molecule has 0 bridgehead atoms. The third-order valence-electron chi connectivity index (χ3n) is 4.35. The lowest BCUT2D eigenvalue weighted by atomic mass is 10.2. The van der Waals surface area contributed by atoms with Gasteiger partial charge in [0.2, 0.25) is 5.88 Å². The number of nitrogens with one attached hydrogen (secondary N) is 1. The first kappa shape index (κ1) is 16.3. The lowest BCUT2D eigenvalue weighted by molar-refractivity contribution is 0.0415. The Kier molecular flexibility index (Phi) is 4.39. The average Bonchev–Trinajstić information content (AvgIpc) is 2.63. The number of ether oxygens (including phenoxy) is 1. The van der Waals surface area contributed by atoms with Crippen LogP contribution in [0.25, 0.3) is 10.9 Å². The van der Waals surface area contributed by atoms with Crippen molar-refractivity contribution in [3.8, 4) is 5.88 Å². The van der Waals surface area contributed by atoms with Crippen molar-refractivity contribution in [3.05, 3.63) is 72.0 Å². The van der Waals surface area contributed by atoms with E-state index in [-0.39, 0.29) is 18.0 Å². The SMILES string of the molecule is O=C(NCc1ccc(F)cc1)N1CC(Oc2ccc3ccccc3n2)C1. The smallest absolute Gasteiger partial charge is 0.317 e. The molecule has 6 heteroatoms. The number of aromatic nitrogens is 1. The molecule has 132 valence electrons. The van der Waals surface area contributed by atoms with E-state index in [9.17, 15) is 9.18 Å². The molecule has 0 unspecified atom stereocenters. The summed E-state index contributed by atoms with van der Waals surface area (Å²) in [7, 11) is 0. The molecule has 0 atom stereocenters. The zero-order valence-electron chi connectivity index (χ0n) is 14.1. The van der Waals surface area contributed by atoms with E-state index < -0.39 is 0 Å². The van der Waals surface area contributed by atoms with E-state index in [0.29, 0.717) is 25.5 Å². The fraction of sp³-hybridized carbons (Fsp3) is 0.200. The van der Waals surface area contributed by atoms with Crippen molar-refractivity contribution in [2.75, 3.05) is 13.1 Å². The summed E-state index contributed by atoms with van der Waals surface area (Å²) < 4.78 is 18.7. The van der Waals surface area contributed by atoms with Crippen LogP contribution >= 0.6 is 0 Å². The van der Waals surface area contributed by atoms with Gasteiger partial charge >= 0.3 is 6.03 Å². The Morgan fingerprint density at radius 3 is 2.69 bits per heavy atom. The van der Waals surface area contributed by atoms with Crippen molar-refractivity contribution < 1.29 is 13.9 Å². The molecule has 2 aromatic carbocycles. The van der Waals surface area contributed by atoms with E-state index in [0.717, 1.165) is 16.5 Å². The van der Waals surface area contributed by atoms with Gasteiger partial charge in [0.15, 0.2) is 0 Å². The van der Waals surface area contributed by atoms with Crippen LogP contribution in [0.15, 0.2) is 60.7 Å². The third kappa shape index (κ3) is 3.59. The highest BCUT2D eigenvalue weighted by atomic mass is 19.1. The molecular weight excluding hydrogens is 333 g/mol. The summed E-state index contributed by atoms with van der Waals surface area (Å²) in [5.41, 5.74) is 1.74. The molecular formula is C20H18FN3O2. The lowest BCUT2D eigenvalue weighted by Crippen LogP contribution is -2.58. The van der Waals surface area contributed by atoms with Crippen LogP contribution in [0.1, 0.15) is 5.56 Å². The highest BCUT2D eigenvalue weighted by Gasteiger charge is 2.32. The topological polar surface area (TPSA) is 54.5 Å². The van der Waals surface area contributed by atoms with Gasteiger partial charge in [-0.3, -0.25) is 0 Å². The molecule has 26 heavy (non-hydrogen) atoms. The quantitative estimate of drug-likeness (QED) is 0.784. The third-order valence-corrected chi connectivity index (χ3v) is 4.35. The van der Waals surface area contributed by atoms with Crippen LogP contribution in [0.4, 0.5) is 9.18 Å². The zero-order chi connectivity index (χ0) is 17.9. The Morgan fingerprint density at radius 1 is 1.12 bits per heavy atom. The highest BCUT2D eigenvalue weighted by Crippen LogP contribution is 2.20. The Morgan fingerprint density at radius 2 is 1.88 bits per heavy atom. The predicted octanol–water partition coefficient (Wildman–Crippen LogP) is 3.35. The molecule has 1 aliphatic heterocycles. The van der Waals surface area contributed by atoms with E-state index in [1.54, 1.807) is 17.0 Å². The Bertz CT molecular complexity index is 924. The summed E-state index contributed by atoms with van der Waals surface area (Å²) in [6.45, 7) is 1.40. The van der Waals surface area contributed by atoms with Crippen molar-refractivity contribution in [3.63, 3.8) is 0 Å². The molecule has 1 N–H and O–H groups in total. The number of para-hydroxylation sites is 1. The van der Waals surface area contributed by atoms with Gasteiger partial charge in [-0.2, -0.15) is 0 Å². The minimum absolute atomic E-state index is 0.0553. The number of urea groups is 1. The van der Waals surface area contributed by atoms with Crippen molar-refractivity contribution in [1.29, 1.82) is 0 Å². The first-order chi connectivity index (χ1) is 12.7. The number of halogens is 1. The van der Waals surface area contributed by atoms with E-state index in [2.05, 4.69) is 10.3 Å². The van der Waals surface area contributed by atoms with Gasteiger partial charge in [0.25, 0.3) is 0 Å². The number of amides is 2. The summed E-state index contributed by atoms with van der Waals surface area (Å²) in [6, 6.07) is 17.6. The number of likely N-dealkylation sites (tertiary alicyclic amines) is 1. The molecule has 1 aromatic heterocycles. The number of pyridine rings is 1. The van der Waals surface area contributed by atoms with E-state index in [1.807, 2.05) is 36.4 Å². The second-order valence-electron chi connectivity index (χ2n) is 6.27. The number of fused-ring (bicyclic) bond motifs is 1. The number of carbonyl (C=O) groups is 1. The number of hydrogen-bond donors (Lipinski definition) is 1. The second kappa shape index (κ2) is 7.00. The highest BCUT2D eigenvalue weighted by molar-refractivity contribution is 5.78. The van der Waals surface area contributed by atoms with Gasteiger partial charge in [0.05, 0.1) is 18.6 Å². The first-order valence-corrected chi connectivity index (χ1v) is 8.47. The predicted molar refractivity (Wildman–Crippen MR) is 96.4 cm³/mol. The van der Waals surface area contributed by atoms with Crippen molar-refractivity contribution in [2.24, 2.45) is 0 Å². The summed E-state index contributed by atoms with van der Waals surface area (Å²) in [4.78, 5) is 18.3. The van der Waals surface area contributed by atoms with Gasteiger partial charge in [0, 0.05) is 18.0 Å². The number of hydrogen-bond acceptors (Lipinski definition) is 3. The maximum Gasteiger partial charge on any atom is 0.317 e. The minimum Gasteiger partial charge on any atom is -0.471 e. The van der Waals surface area contributed by atoms with Gasteiger partial charge in [-0.25, -0.2) is 14.2 Å². The van der Waals surface area contributed by atoms with E-state index in [4.69, 9.17) is 4.74 Å². The summed E-state index contributed by atoms with van der Waals surface area (Å²) >= 11 is 0. The van der Waals surface area contributed by atoms with Gasteiger partial charge < -0.3 is 15.0 Å². The van der Waals surface area contributed by atoms with Crippen molar-refractivity contribution >= 4 is 16.9 Å². The summed E-state index contributed by atoms with van der Waals surface area (Å²) in [6.07, 6.45) is -0.0553. The normalized spacial score (nSPS) is 14.1. The van der Waals surface area contributed by atoms with Crippen LogP contribution in [0.2, 0.25) is 0 Å². The van der Waals surface area contributed by atoms with Crippen LogP contribution < -0.4 is 10.1 Å². The monoisotopic (exact) mass is 351 g/mol. The first-order valence-electron chi connectivity index (χ1n) is 8.47. The molecule has 2 heterocycles. The van der Waals surface area contributed by atoms with Crippen LogP contribution in [0.5, 0.6) is 5.88 Å². The number of benzene rings is 2. The average molecular weight is 351 g/mol. The Labute approximate surface area is 150 Å². The number of nitrogens with zero attached hydrogens (tertiary/aromatic N) is 2. The standard InChI is InChI=1S/C20H18FN3O2/c21-16-8-5-14(6-9-16)11-22-20(25)24-12-17(13-24)26-19-10-7-15-3-1-2-4-18(15)23-19/h1-10,17H,11-13H2,(H,22,25). The lowest BCUT2D eigenvalue weighted by Gasteiger charge is -2.38. The number of rotatable bonds is 4. The fourth-order valence-electron chi connectivity index (χ4n) is 2.85. The maximum atomic E-state index is 12.9. The molecule has 2 amide bonds. The molecule has 0 aliphatic carbocycles. The van der Waals surface area contributed by atoms with Gasteiger partial charge in [-0.15, -0.1) is 0 Å². The van der Waals surface area contributed by atoms with Crippen molar-refractivity contribution in [2.45, 2.75) is 12.6 Å². The maximum absolute atomic E-state index is 12.9. The van der Waals surface area contributed by atoms with Gasteiger partial charge in [-0.05, 0) is 29.8 Å². The molecule has 1 fully saturated rings. The molecule has 0 spiro atoms. The molecule has 5 nitrogen and oxygen atoms in total. The number of carbonyl (C=O) groups excluding carboxylic acids is 1. The second-order valence-corrected chi connectivity index (χ2v) is 6.27. The van der Waals surface area contributed by atoms with Crippen LogP contribution in [0, 0.1) is 5.82 Å². The van der Waals surface area contributed by atoms with E-state index in [1.165, 1.54) is 12.1 Å². The van der Waals surface area contributed by atoms with Crippen molar-refractivity contribution in [1.82, 2.24) is 15.2 Å². The minimum atomic E-state index is -0.287. The Balaban J connectivity index is 1.26. The summed E-state index contributed by atoms with van der Waals surface area (Å²) in [5.74, 6) is 0.283. The van der Waals surface area contributed by atoms with Gasteiger partial charge in [-0.1, -0.05) is 30.3 Å². The van der Waals surface area contributed by atoms with Crippen LogP contribution in [-0.2, 0) is 6.54 Å². The molecule has 4 rings (SSSR count). The van der Waals surface area contributed by atoms with Crippen LogP contribution in [0.3, 0.4) is 0 Å². The largest absolute Gasteiger partial charge is 0.471 e. The summed E-state index contributed by atoms with van der Waals surface area (Å²) in [5, 5.41) is 3.89. The van der Waals surface area contributed by atoms with Gasteiger partial charge in [0.1, 0.15) is 11.9 Å². The molecule has 1 saturated heterocycles. The molecule has 1 aliphatic rings. The fourth-order valence-corrected chi connectivity index (χ4v) is 2.85. The van der Waals surface area contributed by atoms with E-state index >= 15 is 0 Å². The molecule has 3 aromatic rings. The molecule has 0 radical (unpaired) electrons. The molecule has 0 saturated carbocycles. The Hall–Kier alpha value is -3.15. The van der Waals surface area contributed by atoms with Crippen LogP contribution in [-0.4, -0.2) is 35.1 Å². The zero-order valence-corrected chi connectivity index (χ0v) is 14.1.